The SMILES string of the molecule is COCC1CC(c2nc3c(ccc4cc5c(cc43)OCc3cc(-c4cnc(C6CCC(C)N6C(=O)C(NC(=O)OC)C(C)C)[nH]4)ccc3-5)[nH]2)N(C(=O)C(NC(=O)OC)C(C)C)C1. The molecule has 0 radical (unpaired) electrons. The third kappa shape index (κ3) is 7.91. The number of imidazole rings is 2. The smallest absolute Gasteiger partial charge is 0.407 e. The number of H-pyrrole nitrogens is 2. The number of aromatic amines is 2. The lowest BCUT2D eigenvalue weighted by Crippen LogP contribution is -2.52. The summed E-state index contributed by atoms with van der Waals surface area (Å²) in [6.45, 7) is 11.0. The monoisotopic (exact) mass is 848 g/mol. The predicted molar refractivity (Wildman–Crippen MR) is 232 cm³/mol. The van der Waals surface area contributed by atoms with Crippen LogP contribution in [0.15, 0.2) is 48.7 Å². The number of methoxy groups -OCH3 is 3. The van der Waals surface area contributed by atoms with Gasteiger partial charge in [0.25, 0.3) is 0 Å². The number of amides is 4. The second-order valence-corrected chi connectivity index (χ2v) is 17.5. The summed E-state index contributed by atoms with van der Waals surface area (Å²) in [6, 6.07) is 12.5. The number of benzene rings is 3. The van der Waals surface area contributed by atoms with Crippen molar-refractivity contribution >= 4 is 45.8 Å². The average Bonchev–Trinajstić information content (AvgIpc) is 4.09. The summed E-state index contributed by atoms with van der Waals surface area (Å²) in [5.41, 5.74) is 6.50. The van der Waals surface area contributed by atoms with E-state index in [1.54, 1.807) is 7.11 Å². The van der Waals surface area contributed by atoms with Crippen LogP contribution in [0.2, 0.25) is 0 Å². The molecule has 16 heteroatoms. The Hall–Kier alpha value is -6.16. The van der Waals surface area contributed by atoms with Crippen LogP contribution < -0.4 is 15.4 Å². The Morgan fingerprint density at radius 2 is 1.58 bits per heavy atom. The maximum atomic E-state index is 14.1. The van der Waals surface area contributed by atoms with Gasteiger partial charge in [0.05, 0.1) is 55.8 Å². The normalized spacial score (nSPS) is 20.5. The Labute approximate surface area is 360 Å². The standard InChI is InChI=1S/C46H56N8O8/c1-23(2)38(51-45(57)60-7)43(55)53-20-26(21-59-6)15-36(53)42-48-33-13-11-27-17-32-30-12-10-28(16-29(30)22-62-37(32)18-31(27)40(33)50-42)34-19-47-41(49-34)35-14-9-25(5)54(35)44(56)39(24(3)4)52-46(58)61-8/h10-13,16-19,23-26,35-36,38-39H,9,14-15,20-22H2,1-8H3,(H,47,49)(H,48,50)(H,51,57)(H,52,58). The Morgan fingerprint density at radius 3 is 2.27 bits per heavy atom. The molecule has 0 bridgehead atoms. The fraction of sp³-hybridized carbons (Fsp3) is 0.478. The Morgan fingerprint density at radius 1 is 0.855 bits per heavy atom. The molecule has 2 saturated heterocycles. The van der Waals surface area contributed by atoms with Crippen LogP contribution in [0.5, 0.6) is 5.75 Å². The molecule has 3 aromatic carbocycles. The van der Waals surface area contributed by atoms with Crippen LogP contribution in [0.1, 0.15) is 83.2 Å². The zero-order valence-electron chi connectivity index (χ0n) is 36.5. The quantitative estimate of drug-likeness (QED) is 0.107. The molecule has 4 amide bonds. The van der Waals surface area contributed by atoms with Crippen molar-refractivity contribution in [2.75, 3.05) is 34.5 Å². The Kier molecular flexibility index (Phi) is 11.9. The highest BCUT2D eigenvalue weighted by atomic mass is 16.5. The zero-order valence-corrected chi connectivity index (χ0v) is 36.5. The van der Waals surface area contributed by atoms with Crippen LogP contribution >= 0.6 is 0 Å². The summed E-state index contributed by atoms with van der Waals surface area (Å²) in [4.78, 5) is 72.8. The highest BCUT2D eigenvalue weighted by molar-refractivity contribution is 6.07. The molecule has 3 aliphatic rings. The van der Waals surface area contributed by atoms with Crippen LogP contribution in [0.4, 0.5) is 9.59 Å². The van der Waals surface area contributed by atoms with Crippen molar-refractivity contribution in [3.05, 3.63) is 65.9 Å². The number of alkyl carbamates (subject to hydrolysis) is 2. The van der Waals surface area contributed by atoms with Gasteiger partial charge in [-0.2, -0.15) is 0 Å². The first-order valence-electron chi connectivity index (χ1n) is 21.4. The third-order valence-corrected chi connectivity index (χ3v) is 12.7. The van der Waals surface area contributed by atoms with Crippen LogP contribution in [0.25, 0.3) is 44.2 Å². The van der Waals surface area contributed by atoms with Crippen molar-refractivity contribution in [2.24, 2.45) is 17.8 Å². The number of ether oxygens (including phenoxy) is 4. The summed E-state index contributed by atoms with van der Waals surface area (Å²) in [5.74, 6) is 1.59. The number of hydrogen-bond acceptors (Lipinski definition) is 10. The molecular formula is C46H56N8O8. The van der Waals surface area contributed by atoms with Gasteiger partial charge in [-0.1, -0.05) is 45.9 Å². The fourth-order valence-corrected chi connectivity index (χ4v) is 9.43. The first kappa shape index (κ1) is 42.5. The number of fused-ring (bicyclic) bond motifs is 6. The summed E-state index contributed by atoms with van der Waals surface area (Å²) in [5, 5.41) is 7.39. The lowest BCUT2D eigenvalue weighted by atomic mass is 9.92. The Balaban J connectivity index is 1.05. The molecule has 4 N–H and O–H groups in total. The van der Waals surface area contributed by atoms with E-state index in [-0.39, 0.29) is 47.7 Å². The van der Waals surface area contributed by atoms with Crippen LogP contribution in [0.3, 0.4) is 0 Å². The van der Waals surface area contributed by atoms with Crippen molar-refractivity contribution in [2.45, 2.75) is 90.7 Å². The fourth-order valence-electron chi connectivity index (χ4n) is 9.43. The molecule has 5 aromatic rings. The van der Waals surface area contributed by atoms with Gasteiger partial charge in [0.2, 0.25) is 11.8 Å². The molecule has 0 aliphatic carbocycles. The molecule has 328 valence electrons. The van der Waals surface area contributed by atoms with E-state index < -0.39 is 24.3 Å². The first-order valence-corrected chi connectivity index (χ1v) is 21.4. The van der Waals surface area contributed by atoms with E-state index in [9.17, 15) is 19.2 Å². The predicted octanol–water partition coefficient (Wildman–Crippen LogP) is 7.01. The van der Waals surface area contributed by atoms with E-state index in [1.165, 1.54) is 14.2 Å². The number of nitrogens with zero attached hydrogens (tertiary/aromatic N) is 4. The molecule has 5 heterocycles. The molecule has 16 nitrogen and oxygen atoms in total. The van der Waals surface area contributed by atoms with E-state index >= 15 is 0 Å². The first-order chi connectivity index (χ1) is 29.8. The number of nitrogens with one attached hydrogen (secondary N) is 4. The van der Waals surface area contributed by atoms with Gasteiger partial charge in [-0.25, -0.2) is 19.6 Å². The van der Waals surface area contributed by atoms with Gasteiger partial charge >= 0.3 is 12.2 Å². The Bertz CT molecular complexity index is 2510. The molecule has 8 rings (SSSR count). The summed E-state index contributed by atoms with van der Waals surface area (Å²) >= 11 is 0. The molecule has 62 heavy (non-hydrogen) atoms. The minimum atomic E-state index is -0.762. The van der Waals surface area contributed by atoms with Gasteiger partial charge in [0.1, 0.15) is 36.1 Å². The van der Waals surface area contributed by atoms with Crippen molar-refractivity contribution in [1.82, 2.24) is 40.4 Å². The lowest BCUT2D eigenvalue weighted by molar-refractivity contribution is -0.137. The number of carbonyl (C=O) groups excluding carboxylic acids is 4. The molecule has 2 fully saturated rings. The van der Waals surface area contributed by atoms with Crippen molar-refractivity contribution in [1.29, 1.82) is 0 Å². The van der Waals surface area contributed by atoms with Gasteiger partial charge in [-0.3, -0.25) is 9.59 Å². The van der Waals surface area contributed by atoms with Crippen LogP contribution in [-0.2, 0) is 30.4 Å². The number of carbonyl (C=O) groups is 4. The van der Waals surface area contributed by atoms with Gasteiger partial charge < -0.3 is 49.3 Å². The van der Waals surface area contributed by atoms with E-state index in [4.69, 9.17) is 28.9 Å². The second-order valence-electron chi connectivity index (χ2n) is 17.5. The third-order valence-electron chi connectivity index (χ3n) is 12.7. The molecule has 3 aliphatic heterocycles. The summed E-state index contributed by atoms with van der Waals surface area (Å²) < 4.78 is 21.6. The molecule has 0 spiro atoms. The van der Waals surface area contributed by atoms with E-state index in [0.29, 0.717) is 37.8 Å². The zero-order chi connectivity index (χ0) is 44.0. The number of aromatic nitrogens is 4. The largest absolute Gasteiger partial charge is 0.488 e. The minimum absolute atomic E-state index is 0.0204. The van der Waals surface area contributed by atoms with Crippen molar-refractivity contribution < 1.29 is 38.1 Å². The van der Waals surface area contributed by atoms with Gasteiger partial charge in [0, 0.05) is 36.6 Å². The number of hydrogen-bond donors (Lipinski definition) is 4. The molecular weight excluding hydrogens is 793 g/mol. The lowest BCUT2D eigenvalue weighted by Gasteiger charge is -2.32. The summed E-state index contributed by atoms with van der Waals surface area (Å²) in [7, 11) is 4.24. The van der Waals surface area contributed by atoms with Gasteiger partial charge in [0.15, 0.2) is 0 Å². The maximum absolute atomic E-state index is 14.1. The minimum Gasteiger partial charge on any atom is -0.488 e. The van der Waals surface area contributed by atoms with E-state index in [1.807, 2.05) is 56.7 Å². The highest BCUT2D eigenvalue weighted by Gasteiger charge is 2.43. The number of rotatable bonds is 11. The maximum Gasteiger partial charge on any atom is 0.407 e. The molecule has 2 aromatic heterocycles. The number of likely N-dealkylation sites (tertiary alicyclic amines) is 2. The van der Waals surface area contributed by atoms with Crippen LogP contribution in [-0.4, -0.2) is 106 Å². The van der Waals surface area contributed by atoms with Crippen molar-refractivity contribution in [3.63, 3.8) is 0 Å². The molecule has 0 saturated carbocycles. The van der Waals surface area contributed by atoms with E-state index in [0.717, 1.165) is 68.3 Å². The summed E-state index contributed by atoms with van der Waals surface area (Å²) in [6.07, 6.45) is 2.75. The molecule has 6 atom stereocenters. The van der Waals surface area contributed by atoms with Crippen molar-refractivity contribution in [3.8, 4) is 28.1 Å². The topological polar surface area (TPSA) is 193 Å². The molecule has 6 unspecified atom stereocenters. The second kappa shape index (κ2) is 17.3. The van der Waals surface area contributed by atoms with Gasteiger partial charge in [-0.05, 0) is 84.4 Å². The van der Waals surface area contributed by atoms with E-state index in [2.05, 4.69) is 57.0 Å². The van der Waals surface area contributed by atoms with Gasteiger partial charge in [-0.15, -0.1) is 0 Å². The highest BCUT2D eigenvalue weighted by Crippen LogP contribution is 2.44. The van der Waals surface area contributed by atoms with Crippen LogP contribution in [0, 0.1) is 17.8 Å². The average molecular weight is 849 g/mol.